The minimum absolute atomic E-state index is 0.0958. The Morgan fingerprint density at radius 3 is 2.40 bits per heavy atom. The van der Waals surface area contributed by atoms with E-state index in [2.05, 4.69) is 29.6 Å². The van der Waals surface area contributed by atoms with Gasteiger partial charge < -0.3 is 15.8 Å². The Bertz CT molecular complexity index is 426. The Hall–Kier alpha value is -1.20. The van der Waals surface area contributed by atoms with Gasteiger partial charge >= 0.3 is 6.09 Å². The van der Waals surface area contributed by atoms with Crippen molar-refractivity contribution in [3.8, 4) is 0 Å². The van der Waals surface area contributed by atoms with Crippen LogP contribution in [0, 0.1) is 0 Å². The van der Waals surface area contributed by atoms with Gasteiger partial charge in [-0.15, -0.1) is 11.8 Å². The minimum Gasteiger partial charge on any atom is -0.444 e. The molecule has 5 heteroatoms. The minimum atomic E-state index is -0.484. The van der Waals surface area contributed by atoms with Gasteiger partial charge in [0.1, 0.15) is 5.60 Å². The lowest BCUT2D eigenvalue weighted by molar-refractivity contribution is 0.0525. The van der Waals surface area contributed by atoms with Gasteiger partial charge in [0.25, 0.3) is 0 Å². The van der Waals surface area contributed by atoms with Crippen LogP contribution in [-0.2, 0) is 4.74 Å². The average Bonchev–Trinajstić information content (AvgIpc) is 2.38. The van der Waals surface area contributed by atoms with Gasteiger partial charge in [0.05, 0.1) is 0 Å². The summed E-state index contributed by atoms with van der Waals surface area (Å²) >= 11 is 1.70. The Balaban J connectivity index is 2.56. The largest absolute Gasteiger partial charge is 0.444 e. The fourth-order valence-corrected chi connectivity index (χ4v) is 2.14. The molecule has 0 spiro atoms. The van der Waals surface area contributed by atoms with Crippen LogP contribution in [0.2, 0.25) is 0 Å². The summed E-state index contributed by atoms with van der Waals surface area (Å²) in [5.74, 6) is 0.0958. The van der Waals surface area contributed by atoms with E-state index >= 15 is 0 Å². The summed E-state index contributed by atoms with van der Waals surface area (Å²) in [6.45, 7) is 6.48. The molecule has 0 aliphatic rings. The molecule has 0 aliphatic heterocycles. The molecule has 0 fully saturated rings. The van der Waals surface area contributed by atoms with E-state index in [9.17, 15) is 4.79 Å². The summed E-state index contributed by atoms with van der Waals surface area (Å²) in [6.07, 6.45) is 1.64. The van der Waals surface area contributed by atoms with Gasteiger partial charge in [0, 0.05) is 23.9 Å². The normalized spacial score (nSPS) is 12.8. The number of thioether (sulfide) groups is 1. The summed E-state index contributed by atoms with van der Waals surface area (Å²) in [4.78, 5) is 12.8. The van der Waals surface area contributed by atoms with Crippen LogP contribution in [-0.4, -0.2) is 31.0 Å². The van der Waals surface area contributed by atoms with E-state index < -0.39 is 11.7 Å². The molecule has 0 radical (unpaired) electrons. The summed E-state index contributed by atoms with van der Waals surface area (Å²) in [5.41, 5.74) is 6.43. The van der Waals surface area contributed by atoms with E-state index in [4.69, 9.17) is 10.5 Å². The molecule has 1 rings (SSSR count). The van der Waals surface area contributed by atoms with E-state index in [1.54, 1.807) is 11.8 Å². The topological polar surface area (TPSA) is 64.3 Å². The number of alkyl carbamates (subject to hydrolysis) is 1. The van der Waals surface area contributed by atoms with Gasteiger partial charge in [-0.3, -0.25) is 0 Å². The number of ether oxygens (including phenoxy) is 1. The first-order chi connectivity index (χ1) is 9.35. The SMILES string of the molecule is CSc1ccc(C(CN)CNC(=O)OC(C)(C)C)cc1. The van der Waals surface area contributed by atoms with E-state index in [0.29, 0.717) is 13.1 Å². The van der Waals surface area contributed by atoms with Crippen molar-refractivity contribution >= 4 is 17.9 Å². The van der Waals surface area contributed by atoms with Crippen molar-refractivity contribution in [2.75, 3.05) is 19.3 Å². The first-order valence-corrected chi connectivity index (χ1v) is 7.89. The maximum Gasteiger partial charge on any atom is 0.407 e. The Morgan fingerprint density at radius 2 is 1.95 bits per heavy atom. The molecule has 20 heavy (non-hydrogen) atoms. The van der Waals surface area contributed by atoms with E-state index in [0.717, 1.165) is 5.56 Å². The molecule has 3 N–H and O–H groups in total. The molecule has 1 aromatic rings. The van der Waals surface area contributed by atoms with Crippen LogP contribution >= 0.6 is 11.8 Å². The molecule has 0 heterocycles. The molecular weight excluding hydrogens is 272 g/mol. The highest BCUT2D eigenvalue weighted by Gasteiger charge is 2.17. The molecule has 1 unspecified atom stereocenters. The molecule has 0 aliphatic carbocycles. The highest BCUT2D eigenvalue weighted by atomic mass is 32.2. The van der Waals surface area contributed by atoms with Crippen molar-refractivity contribution in [3.63, 3.8) is 0 Å². The third-order valence-corrected chi connectivity index (χ3v) is 3.51. The number of benzene rings is 1. The molecular formula is C15H24N2O2S. The van der Waals surface area contributed by atoms with Crippen molar-refractivity contribution in [1.29, 1.82) is 0 Å². The lowest BCUT2D eigenvalue weighted by Gasteiger charge is -2.21. The number of nitrogens with two attached hydrogens (primary N) is 1. The zero-order valence-corrected chi connectivity index (χ0v) is 13.4. The van der Waals surface area contributed by atoms with Crippen LogP contribution < -0.4 is 11.1 Å². The first-order valence-electron chi connectivity index (χ1n) is 6.66. The molecule has 0 saturated heterocycles. The molecule has 1 amide bonds. The van der Waals surface area contributed by atoms with Gasteiger partial charge in [-0.05, 0) is 44.7 Å². The van der Waals surface area contributed by atoms with E-state index in [-0.39, 0.29) is 5.92 Å². The number of hydrogen-bond acceptors (Lipinski definition) is 4. The predicted octanol–water partition coefficient (Wildman–Crippen LogP) is 2.98. The fraction of sp³-hybridized carbons (Fsp3) is 0.533. The van der Waals surface area contributed by atoms with Crippen molar-refractivity contribution < 1.29 is 9.53 Å². The van der Waals surface area contributed by atoms with Gasteiger partial charge in [0.15, 0.2) is 0 Å². The Kier molecular flexibility index (Phi) is 6.36. The van der Waals surface area contributed by atoms with Crippen LogP contribution in [0.5, 0.6) is 0 Å². The lowest BCUT2D eigenvalue weighted by Crippen LogP contribution is -2.36. The third-order valence-electron chi connectivity index (χ3n) is 2.76. The molecule has 0 saturated carbocycles. The summed E-state index contributed by atoms with van der Waals surface area (Å²) in [7, 11) is 0. The second-order valence-corrected chi connectivity index (χ2v) is 6.47. The van der Waals surface area contributed by atoms with Crippen molar-refractivity contribution in [3.05, 3.63) is 29.8 Å². The van der Waals surface area contributed by atoms with Gasteiger partial charge in [0.2, 0.25) is 0 Å². The van der Waals surface area contributed by atoms with Gasteiger partial charge in [-0.2, -0.15) is 0 Å². The Morgan fingerprint density at radius 1 is 1.35 bits per heavy atom. The maximum absolute atomic E-state index is 11.6. The number of amides is 1. The molecule has 112 valence electrons. The first kappa shape index (κ1) is 16.9. The van der Waals surface area contributed by atoms with Crippen LogP contribution in [0.15, 0.2) is 29.2 Å². The van der Waals surface area contributed by atoms with Crippen molar-refractivity contribution in [2.24, 2.45) is 5.73 Å². The summed E-state index contributed by atoms with van der Waals surface area (Å²) in [5, 5.41) is 2.77. The third kappa shape index (κ3) is 5.84. The number of carbonyl (C=O) groups is 1. The van der Waals surface area contributed by atoms with Crippen LogP contribution in [0.1, 0.15) is 32.3 Å². The smallest absolute Gasteiger partial charge is 0.407 e. The summed E-state index contributed by atoms with van der Waals surface area (Å²) < 4.78 is 5.21. The van der Waals surface area contributed by atoms with Crippen LogP contribution in [0.3, 0.4) is 0 Å². The quantitative estimate of drug-likeness (QED) is 0.820. The fourth-order valence-electron chi connectivity index (χ4n) is 1.73. The van der Waals surface area contributed by atoms with Gasteiger partial charge in [-0.1, -0.05) is 12.1 Å². The monoisotopic (exact) mass is 296 g/mol. The maximum atomic E-state index is 11.6. The lowest BCUT2D eigenvalue weighted by atomic mass is 9.99. The van der Waals surface area contributed by atoms with Crippen molar-refractivity contribution in [2.45, 2.75) is 37.2 Å². The highest BCUT2D eigenvalue weighted by molar-refractivity contribution is 7.98. The zero-order valence-electron chi connectivity index (χ0n) is 12.6. The zero-order chi connectivity index (χ0) is 15.2. The van der Waals surface area contributed by atoms with E-state index in [1.807, 2.05) is 27.0 Å². The summed E-state index contributed by atoms with van der Waals surface area (Å²) in [6, 6.07) is 8.24. The molecule has 1 atom stereocenters. The standard InChI is InChI=1S/C15H24N2O2S/c1-15(2,3)19-14(18)17-10-12(9-16)11-5-7-13(20-4)8-6-11/h5-8,12H,9-10,16H2,1-4H3,(H,17,18). The Labute approximate surface area is 125 Å². The van der Waals surface area contributed by atoms with E-state index in [1.165, 1.54) is 4.90 Å². The average molecular weight is 296 g/mol. The number of rotatable bonds is 5. The molecule has 0 aromatic heterocycles. The highest BCUT2D eigenvalue weighted by Crippen LogP contribution is 2.19. The van der Waals surface area contributed by atoms with Crippen molar-refractivity contribution in [1.82, 2.24) is 5.32 Å². The van der Waals surface area contributed by atoms with Gasteiger partial charge in [-0.25, -0.2) is 4.79 Å². The predicted molar refractivity (Wildman–Crippen MR) is 84.3 cm³/mol. The second kappa shape index (κ2) is 7.55. The molecule has 0 bridgehead atoms. The van der Waals surface area contributed by atoms with Crippen LogP contribution in [0.4, 0.5) is 4.79 Å². The number of hydrogen-bond donors (Lipinski definition) is 2. The number of nitrogens with one attached hydrogen (secondary N) is 1. The van der Waals surface area contributed by atoms with Crippen LogP contribution in [0.25, 0.3) is 0 Å². The molecule has 4 nitrogen and oxygen atoms in total. The number of carbonyl (C=O) groups excluding carboxylic acids is 1. The second-order valence-electron chi connectivity index (χ2n) is 5.59. The molecule has 1 aromatic carbocycles.